The Hall–Kier alpha value is -1.81. The second-order valence-electron chi connectivity index (χ2n) is 4.36. The second kappa shape index (κ2) is 4.14. The molecular formula is C13H10ClNO3. The molecule has 5 heteroatoms. The first-order chi connectivity index (χ1) is 8.66. The zero-order valence-electron chi connectivity index (χ0n) is 9.39. The van der Waals surface area contributed by atoms with Gasteiger partial charge in [-0.3, -0.25) is 0 Å². The maximum Gasteiger partial charge on any atom is 0.341 e. The van der Waals surface area contributed by atoms with E-state index in [1.54, 1.807) is 24.3 Å². The molecule has 0 radical (unpaired) electrons. The molecule has 1 saturated carbocycles. The highest BCUT2D eigenvalue weighted by atomic mass is 35.5. The Kier molecular flexibility index (Phi) is 2.59. The lowest BCUT2D eigenvalue weighted by atomic mass is 10.0. The second-order valence-corrected chi connectivity index (χ2v) is 4.80. The van der Waals surface area contributed by atoms with E-state index in [1.807, 2.05) is 0 Å². The fourth-order valence-electron chi connectivity index (χ4n) is 1.97. The number of hydrogen-bond donors (Lipinski definition) is 1. The Bertz CT molecular complexity index is 616. The fourth-order valence-corrected chi connectivity index (χ4v) is 2.16. The van der Waals surface area contributed by atoms with Crippen molar-refractivity contribution in [3.05, 3.63) is 40.6 Å². The molecule has 0 aliphatic heterocycles. The standard InChI is InChI=1S/C13H10ClNO3/c14-9-3-1-2-8(6-9)11-10(13(16)17)12(18-15-11)7-4-5-7/h1-3,6-7H,4-5H2,(H,16,17). The summed E-state index contributed by atoms with van der Waals surface area (Å²) in [5.41, 5.74) is 1.18. The third kappa shape index (κ3) is 1.88. The van der Waals surface area contributed by atoms with E-state index in [2.05, 4.69) is 5.16 Å². The molecule has 0 amide bonds. The van der Waals surface area contributed by atoms with E-state index in [0.717, 1.165) is 12.8 Å². The quantitative estimate of drug-likeness (QED) is 0.919. The zero-order chi connectivity index (χ0) is 12.7. The van der Waals surface area contributed by atoms with Crippen molar-refractivity contribution in [1.82, 2.24) is 5.16 Å². The van der Waals surface area contributed by atoms with E-state index in [1.165, 1.54) is 0 Å². The summed E-state index contributed by atoms with van der Waals surface area (Å²) in [7, 11) is 0. The van der Waals surface area contributed by atoms with Crippen molar-refractivity contribution in [2.45, 2.75) is 18.8 Å². The summed E-state index contributed by atoms with van der Waals surface area (Å²) in [6, 6.07) is 6.94. The van der Waals surface area contributed by atoms with Crippen LogP contribution in [-0.4, -0.2) is 16.2 Å². The molecule has 0 saturated heterocycles. The Morgan fingerprint density at radius 3 is 2.83 bits per heavy atom. The molecule has 1 aliphatic carbocycles. The molecule has 1 fully saturated rings. The molecule has 2 aromatic rings. The van der Waals surface area contributed by atoms with Crippen LogP contribution in [0.25, 0.3) is 11.3 Å². The van der Waals surface area contributed by atoms with Gasteiger partial charge in [0.25, 0.3) is 0 Å². The number of carboxylic acid groups (broad SMARTS) is 1. The molecule has 3 rings (SSSR count). The molecule has 0 atom stereocenters. The van der Waals surface area contributed by atoms with E-state index in [-0.39, 0.29) is 11.5 Å². The number of aromatic carboxylic acids is 1. The molecule has 1 N–H and O–H groups in total. The first-order valence-corrected chi connectivity index (χ1v) is 6.03. The van der Waals surface area contributed by atoms with Gasteiger partial charge in [-0.2, -0.15) is 0 Å². The highest BCUT2D eigenvalue weighted by molar-refractivity contribution is 6.30. The van der Waals surface area contributed by atoms with Gasteiger partial charge in [0, 0.05) is 16.5 Å². The van der Waals surface area contributed by atoms with Gasteiger partial charge in [0.1, 0.15) is 11.3 Å². The first kappa shape index (κ1) is 11.3. The highest BCUT2D eigenvalue weighted by Crippen LogP contribution is 2.44. The lowest BCUT2D eigenvalue weighted by molar-refractivity contribution is 0.0695. The normalized spacial score (nSPS) is 14.7. The third-order valence-electron chi connectivity index (χ3n) is 2.98. The van der Waals surface area contributed by atoms with Gasteiger partial charge in [0.05, 0.1) is 0 Å². The molecule has 1 aromatic heterocycles. The number of aromatic nitrogens is 1. The molecule has 0 spiro atoms. The molecule has 1 aliphatic rings. The number of hydrogen-bond acceptors (Lipinski definition) is 3. The average molecular weight is 264 g/mol. The molecule has 18 heavy (non-hydrogen) atoms. The number of rotatable bonds is 3. The van der Waals surface area contributed by atoms with E-state index >= 15 is 0 Å². The lowest BCUT2D eigenvalue weighted by Gasteiger charge is -1.99. The van der Waals surface area contributed by atoms with Crippen molar-refractivity contribution in [1.29, 1.82) is 0 Å². The first-order valence-electron chi connectivity index (χ1n) is 5.65. The van der Waals surface area contributed by atoms with Crippen LogP contribution < -0.4 is 0 Å². The van der Waals surface area contributed by atoms with Gasteiger partial charge in [-0.25, -0.2) is 4.79 Å². The Morgan fingerprint density at radius 2 is 2.22 bits per heavy atom. The minimum atomic E-state index is -1.01. The summed E-state index contributed by atoms with van der Waals surface area (Å²) < 4.78 is 5.20. The van der Waals surface area contributed by atoms with Crippen molar-refractivity contribution in [3.8, 4) is 11.3 Å². The summed E-state index contributed by atoms with van der Waals surface area (Å²) in [5, 5.41) is 13.7. The van der Waals surface area contributed by atoms with Crippen LogP contribution in [0.2, 0.25) is 5.02 Å². The molecule has 4 nitrogen and oxygen atoms in total. The molecule has 92 valence electrons. The predicted molar refractivity (Wildman–Crippen MR) is 65.9 cm³/mol. The molecule has 1 aromatic carbocycles. The fraction of sp³-hybridized carbons (Fsp3) is 0.231. The van der Waals surface area contributed by atoms with Crippen molar-refractivity contribution in [2.24, 2.45) is 0 Å². The van der Waals surface area contributed by atoms with Crippen molar-refractivity contribution < 1.29 is 14.4 Å². The predicted octanol–water partition coefficient (Wildman–Crippen LogP) is 3.57. The summed E-state index contributed by atoms with van der Waals surface area (Å²) in [4.78, 5) is 11.4. The minimum absolute atomic E-state index is 0.166. The average Bonchev–Trinajstić information content (AvgIpc) is 3.07. The molecule has 0 bridgehead atoms. The SMILES string of the molecule is O=C(O)c1c(-c2cccc(Cl)c2)noc1C1CC1. The van der Waals surface area contributed by atoms with Crippen molar-refractivity contribution in [2.75, 3.05) is 0 Å². The number of nitrogens with zero attached hydrogens (tertiary/aromatic N) is 1. The number of carbonyl (C=O) groups is 1. The van der Waals surface area contributed by atoms with Gasteiger partial charge in [-0.15, -0.1) is 0 Å². The van der Waals surface area contributed by atoms with E-state index in [4.69, 9.17) is 16.1 Å². The topological polar surface area (TPSA) is 63.3 Å². The number of carboxylic acids is 1. The Balaban J connectivity index is 2.14. The largest absolute Gasteiger partial charge is 0.477 e. The van der Waals surface area contributed by atoms with Crippen LogP contribution in [0.3, 0.4) is 0 Å². The molecule has 1 heterocycles. The van der Waals surface area contributed by atoms with Gasteiger partial charge in [0.2, 0.25) is 0 Å². The number of benzene rings is 1. The van der Waals surface area contributed by atoms with Crippen LogP contribution in [0, 0.1) is 0 Å². The van der Waals surface area contributed by atoms with E-state index in [9.17, 15) is 9.90 Å². The van der Waals surface area contributed by atoms with Crippen LogP contribution in [0.1, 0.15) is 34.9 Å². The van der Waals surface area contributed by atoms with Crippen LogP contribution in [0.5, 0.6) is 0 Å². The summed E-state index contributed by atoms with van der Waals surface area (Å²) in [6.45, 7) is 0. The Morgan fingerprint density at radius 1 is 1.44 bits per heavy atom. The summed E-state index contributed by atoms with van der Waals surface area (Å²) in [6.07, 6.45) is 1.93. The van der Waals surface area contributed by atoms with Crippen LogP contribution in [0.4, 0.5) is 0 Å². The lowest BCUT2D eigenvalue weighted by Crippen LogP contribution is -2.00. The smallest absolute Gasteiger partial charge is 0.341 e. The van der Waals surface area contributed by atoms with Gasteiger partial charge >= 0.3 is 5.97 Å². The number of halogens is 1. The Labute approximate surface area is 108 Å². The van der Waals surface area contributed by atoms with Gasteiger partial charge in [0.15, 0.2) is 5.76 Å². The molecule has 0 unspecified atom stereocenters. The van der Waals surface area contributed by atoms with E-state index < -0.39 is 5.97 Å². The molecular weight excluding hydrogens is 254 g/mol. The van der Waals surface area contributed by atoms with Crippen LogP contribution in [0.15, 0.2) is 28.8 Å². The highest BCUT2D eigenvalue weighted by Gasteiger charge is 2.35. The summed E-state index contributed by atoms with van der Waals surface area (Å²) in [5.74, 6) is -0.317. The summed E-state index contributed by atoms with van der Waals surface area (Å²) >= 11 is 5.90. The van der Waals surface area contributed by atoms with Crippen molar-refractivity contribution in [3.63, 3.8) is 0 Å². The minimum Gasteiger partial charge on any atom is -0.477 e. The van der Waals surface area contributed by atoms with Crippen LogP contribution >= 0.6 is 11.6 Å². The monoisotopic (exact) mass is 263 g/mol. The van der Waals surface area contributed by atoms with E-state index in [0.29, 0.717) is 22.0 Å². The van der Waals surface area contributed by atoms with Gasteiger partial charge < -0.3 is 9.63 Å². The van der Waals surface area contributed by atoms with Crippen LogP contribution in [-0.2, 0) is 0 Å². The maximum atomic E-state index is 11.4. The maximum absolute atomic E-state index is 11.4. The zero-order valence-corrected chi connectivity index (χ0v) is 10.1. The van der Waals surface area contributed by atoms with Gasteiger partial charge in [-0.05, 0) is 25.0 Å². The third-order valence-corrected chi connectivity index (χ3v) is 3.21. The van der Waals surface area contributed by atoms with Gasteiger partial charge in [-0.1, -0.05) is 28.9 Å². The van der Waals surface area contributed by atoms with Crippen molar-refractivity contribution >= 4 is 17.6 Å².